The Labute approximate surface area is 152 Å². The van der Waals surface area contributed by atoms with E-state index in [4.69, 9.17) is 27.6 Å². The topological polar surface area (TPSA) is 88.7 Å². The number of halogens is 2. The fourth-order valence-corrected chi connectivity index (χ4v) is 3.13. The number of benzene rings is 2. The van der Waals surface area contributed by atoms with Gasteiger partial charge in [0.1, 0.15) is 11.8 Å². The molecule has 25 heavy (non-hydrogen) atoms. The highest BCUT2D eigenvalue weighted by atomic mass is 35.5. The highest BCUT2D eigenvalue weighted by Crippen LogP contribution is 2.17. The van der Waals surface area contributed by atoms with Crippen LogP contribution in [0.25, 0.3) is 11.0 Å². The Morgan fingerprint density at radius 2 is 1.72 bits per heavy atom. The van der Waals surface area contributed by atoms with E-state index in [-0.39, 0.29) is 21.3 Å². The summed E-state index contributed by atoms with van der Waals surface area (Å²) in [6.07, 6.45) is 2.26. The Kier molecular flexibility index (Phi) is 4.80. The Morgan fingerprint density at radius 3 is 2.44 bits per heavy atom. The lowest BCUT2D eigenvalue weighted by atomic mass is 10.2. The largest absolute Gasteiger partial charge is 0.463 e. The summed E-state index contributed by atoms with van der Waals surface area (Å²) in [5, 5.41) is 4.69. The van der Waals surface area contributed by atoms with Gasteiger partial charge in [0.25, 0.3) is 10.0 Å². The van der Waals surface area contributed by atoms with Crippen LogP contribution in [0, 0.1) is 0 Å². The average molecular weight is 397 g/mol. The molecule has 1 heterocycles. The lowest BCUT2D eigenvalue weighted by Gasteiger charge is -2.03. The van der Waals surface area contributed by atoms with Crippen molar-refractivity contribution in [2.75, 3.05) is 0 Å². The summed E-state index contributed by atoms with van der Waals surface area (Å²) in [7, 11) is -3.87. The molecule has 0 radical (unpaired) electrons. The van der Waals surface area contributed by atoms with E-state index >= 15 is 0 Å². The molecule has 0 amide bonds. The summed E-state index contributed by atoms with van der Waals surface area (Å²) in [6, 6.07) is 10.2. The molecule has 0 fully saturated rings. The number of hydrazone groups is 1. The van der Waals surface area contributed by atoms with Crippen LogP contribution in [0.3, 0.4) is 0 Å². The van der Waals surface area contributed by atoms with Crippen LogP contribution in [-0.4, -0.2) is 14.6 Å². The van der Waals surface area contributed by atoms with Crippen molar-refractivity contribution in [2.24, 2.45) is 5.10 Å². The van der Waals surface area contributed by atoms with Crippen LogP contribution in [0.1, 0.15) is 5.56 Å². The lowest BCUT2D eigenvalue weighted by molar-refractivity contribution is 0.584. The van der Waals surface area contributed by atoms with Crippen LogP contribution in [-0.2, 0) is 10.0 Å². The SMILES string of the molecule is O=c1c(/C=N/NS(=O)(=O)c2ccc(Cl)cc2)coc2ccc(Cl)cc12. The van der Waals surface area contributed by atoms with Gasteiger partial charge in [0.05, 0.1) is 22.1 Å². The summed E-state index contributed by atoms with van der Waals surface area (Å²) in [5.74, 6) is 0. The standard InChI is InChI=1S/C16H10Cl2N2O4S/c17-11-1-4-13(5-2-11)25(22,23)20-19-8-10-9-24-15-6-3-12(18)7-14(15)16(10)21/h1-9,20H/b19-8+. The minimum atomic E-state index is -3.87. The summed E-state index contributed by atoms with van der Waals surface area (Å²) in [6.45, 7) is 0. The molecule has 6 nitrogen and oxygen atoms in total. The summed E-state index contributed by atoms with van der Waals surface area (Å²) in [4.78, 5) is 14.4. The van der Waals surface area contributed by atoms with E-state index in [0.717, 1.165) is 6.21 Å². The van der Waals surface area contributed by atoms with Gasteiger partial charge in [-0.1, -0.05) is 23.2 Å². The van der Waals surface area contributed by atoms with Gasteiger partial charge in [0, 0.05) is 10.0 Å². The third-order valence-electron chi connectivity index (χ3n) is 3.26. The summed E-state index contributed by atoms with van der Waals surface area (Å²) >= 11 is 11.6. The van der Waals surface area contributed by atoms with Crippen LogP contribution < -0.4 is 10.3 Å². The van der Waals surface area contributed by atoms with E-state index in [2.05, 4.69) is 5.10 Å². The number of sulfonamides is 1. The monoisotopic (exact) mass is 396 g/mol. The molecule has 0 saturated carbocycles. The van der Waals surface area contributed by atoms with Gasteiger partial charge >= 0.3 is 0 Å². The normalized spacial score (nSPS) is 11.9. The maximum Gasteiger partial charge on any atom is 0.276 e. The van der Waals surface area contributed by atoms with Gasteiger partial charge in [-0.05, 0) is 42.5 Å². The Hall–Kier alpha value is -2.35. The second-order valence-corrected chi connectivity index (χ2v) is 7.50. The molecule has 0 aliphatic heterocycles. The van der Waals surface area contributed by atoms with Crippen molar-refractivity contribution < 1.29 is 12.8 Å². The van der Waals surface area contributed by atoms with Crippen molar-refractivity contribution in [2.45, 2.75) is 4.90 Å². The molecule has 1 aromatic heterocycles. The van der Waals surface area contributed by atoms with E-state index < -0.39 is 10.0 Å². The molecule has 9 heteroatoms. The molecule has 0 unspecified atom stereocenters. The highest BCUT2D eigenvalue weighted by molar-refractivity contribution is 7.89. The van der Waals surface area contributed by atoms with E-state index in [9.17, 15) is 13.2 Å². The van der Waals surface area contributed by atoms with Crippen LogP contribution >= 0.6 is 23.2 Å². The number of rotatable bonds is 4. The van der Waals surface area contributed by atoms with Crippen LogP contribution in [0.2, 0.25) is 10.0 Å². The zero-order valence-electron chi connectivity index (χ0n) is 12.4. The van der Waals surface area contributed by atoms with E-state index in [1.807, 2.05) is 4.83 Å². The molecular weight excluding hydrogens is 387 g/mol. The molecule has 0 saturated heterocycles. The summed E-state index contributed by atoms with van der Waals surface area (Å²) in [5.41, 5.74) is 0.0695. The van der Waals surface area contributed by atoms with E-state index in [0.29, 0.717) is 15.6 Å². The summed E-state index contributed by atoms with van der Waals surface area (Å²) < 4.78 is 29.5. The average Bonchev–Trinajstić information content (AvgIpc) is 2.58. The van der Waals surface area contributed by atoms with Gasteiger partial charge in [0.15, 0.2) is 0 Å². The molecule has 0 bridgehead atoms. The van der Waals surface area contributed by atoms with Crippen molar-refractivity contribution in [1.29, 1.82) is 0 Å². The van der Waals surface area contributed by atoms with Crippen molar-refractivity contribution >= 4 is 50.4 Å². The minimum Gasteiger partial charge on any atom is -0.463 e. The first-order valence-electron chi connectivity index (χ1n) is 6.88. The van der Waals surface area contributed by atoms with Gasteiger partial charge in [0.2, 0.25) is 5.43 Å². The molecule has 2 aromatic carbocycles. The molecule has 0 aliphatic rings. The van der Waals surface area contributed by atoms with E-state index in [1.165, 1.54) is 36.6 Å². The first kappa shape index (κ1) is 17.5. The maximum absolute atomic E-state index is 12.3. The number of nitrogens with zero attached hydrogens (tertiary/aromatic N) is 1. The second kappa shape index (κ2) is 6.87. The molecule has 0 spiro atoms. The van der Waals surface area contributed by atoms with Gasteiger partial charge in [-0.2, -0.15) is 13.5 Å². The predicted molar refractivity (Wildman–Crippen MR) is 96.9 cm³/mol. The molecule has 128 valence electrons. The molecule has 0 aliphatic carbocycles. The fraction of sp³-hybridized carbons (Fsp3) is 0. The molecule has 3 rings (SSSR count). The van der Waals surface area contributed by atoms with Crippen molar-refractivity contribution in [3.05, 3.63) is 74.6 Å². The highest BCUT2D eigenvalue weighted by Gasteiger charge is 2.12. The quantitative estimate of drug-likeness (QED) is 0.540. The third-order valence-corrected chi connectivity index (χ3v) is 4.99. The molecule has 3 aromatic rings. The lowest BCUT2D eigenvalue weighted by Crippen LogP contribution is -2.19. The number of fused-ring (bicyclic) bond motifs is 1. The van der Waals surface area contributed by atoms with Crippen LogP contribution in [0.15, 0.2) is 67.9 Å². The van der Waals surface area contributed by atoms with Gasteiger partial charge in [-0.15, -0.1) is 0 Å². The Balaban J connectivity index is 1.87. The predicted octanol–water partition coefficient (Wildman–Crippen LogP) is 3.41. The van der Waals surface area contributed by atoms with Crippen molar-refractivity contribution in [1.82, 2.24) is 4.83 Å². The van der Waals surface area contributed by atoms with Crippen molar-refractivity contribution in [3.63, 3.8) is 0 Å². The van der Waals surface area contributed by atoms with Gasteiger partial charge in [-0.25, -0.2) is 4.83 Å². The number of nitrogens with one attached hydrogen (secondary N) is 1. The smallest absolute Gasteiger partial charge is 0.276 e. The fourth-order valence-electron chi connectivity index (χ4n) is 2.04. The van der Waals surface area contributed by atoms with Crippen LogP contribution in [0.4, 0.5) is 0 Å². The van der Waals surface area contributed by atoms with Crippen molar-refractivity contribution in [3.8, 4) is 0 Å². The van der Waals surface area contributed by atoms with E-state index in [1.54, 1.807) is 12.1 Å². The zero-order chi connectivity index (χ0) is 18.0. The van der Waals surface area contributed by atoms with Crippen LogP contribution in [0.5, 0.6) is 0 Å². The zero-order valence-corrected chi connectivity index (χ0v) is 14.8. The molecular formula is C16H10Cl2N2O4S. The van der Waals surface area contributed by atoms with Gasteiger partial charge in [-0.3, -0.25) is 4.79 Å². The Morgan fingerprint density at radius 1 is 1.04 bits per heavy atom. The third kappa shape index (κ3) is 3.84. The number of hydrogen-bond acceptors (Lipinski definition) is 5. The molecule has 0 atom stereocenters. The first-order valence-corrected chi connectivity index (χ1v) is 9.12. The Bertz CT molecular complexity index is 1120. The molecule has 1 N–H and O–H groups in total. The van der Waals surface area contributed by atoms with Gasteiger partial charge < -0.3 is 4.42 Å². The second-order valence-electron chi connectivity index (χ2n) is 4.97. The minimum absolute atomic E-state index is 0.00798. The maximum atomic E-state index is 12.3. The number of hydrogen-bond donors (Lipinski definition) is 1. The first-order chi connectivity index (χ1) is 11.9.